The fourth-order valence-electron chi connectivity index (χ4n) is 4.69. The van der Waals surface area contributed by atoms with Crippen LogP contribution in [0.5, 0.6) is 0 Å². The van der Waals surface area contributed by atoms with E-state index in [1.165, 1.54) is 0 Å². The maximum absolute atomic E-state index is 13.3. The highest BCUT2D eigenvalue weighted by molar-refractivity contribution is 5.85. The molecule has 0 radical (unpaired) electrons. The second kappa shape index (κ2) is 10.3. The molecule has 0 aliphatic carbocycles. The number of carbonyl (C=O) groups excluding carboxylic acids is 1. The Morgan fingerprint density at radius 1 is 0.970 bits per heavy atom. The average Bonchev–Trinajstić information content (AvgIpc) is 2.87. The van der Waals surface area contributed by atoms with Crippen molar-refractivity contribution in [3.63, 3.8) is 0 Å². The Balaban J connectivity index is 1.37. The van der Waals surface area contributed by atoms with E-state index in [-0.39, 0.29) is 6.10 Å². The summed E-state index contributed by atoms with van der Waals surface area (Å²) in [5, 5.41) is 11.6. The molecule has 0 saturated carbocycles. The first kappa shape index (κ1) is 23.1. The number of hydrogen-bond donors (Lipinski definition) is 1. The summed E-state index contributed by atoms with van der Waals surface area (Å²) in [5.41, 5.74) is 0.356. The van der Waals surface area contributed by atoms with Gasteiger partial charge in [0.15, 0.2) is 0 Å². The number of aromatic nitrogens is 1. The van der Waals surface area contributed by atoms with E-state index < -0.39 is 11.6 Å². The van der Waals surface area contributed by atoms with Crippen molar-refractivity contribution >= 4 is 5.97 Å². The first-order chi connectivity index (χ1) is 16.0. The molecule has 0 bridgehead atoms. The molecule has 1 N–H and O–H groups in total. The molecule has 0 spiro atoms. The van der Waals surface area contributed by atoms with E-state index >= 15 is 0 Å². The zero-order valence-corrected chi connectivity index (χ0v) is 19.3. The van der Waals surface area contributed by atoms with Crippen LogP contribution in [0.3, 0.4) is 0 Å². The summed E-state index contributed by atoms with van der Waals surface area (Å²) < 4.78 is 6.90. The third-order valence-corrected chi connectivity index (χ3v) is 6.79. The molecule has 0 unspecified atom stereocenters. The Morgan fingerprint density at radius 3 is 2.09 bits per heavy atom. The van der Waals surface area contributed by atoms with Gasteiger partial charge in [0, 0.05) is 31.2 Å². The molecule has 172 valence electrons. The quantitative estimate of drug-likeness (QED) is 0.419. The molecule has 33 heavy (non-hydrogen) atoms. The van der Waals surface area contributed by atoms with Gasteiger partial charge in [0.25, 0.3) is 0 Å². The van der Waals surface area contributed by atoms with E-state index in [4.69, 9.17) is 4.74 Å². The van der Waals surface area contributed by atoms with Crippen molar-refractivity contribution in [2.45, 2.75) is 37.4 Å². The Hall–Kier alpha value is -3.02. The van der Waals surface area contributed by atoms with Crippen molar-refractivity contribution in [3.05, 3.63) is 102 Å². The maximum Gasteiger partial charge on any atom is 0.347 e. The minimum Gasteiger partial charge on any atom is -0.459 e. The van der Waals surface area contributed by atoms with E-state index in [1.54, 1.807) is 24.3 Å². The van der Waals surface area contributed by atoms with Gasteiger partial charge in [-0.3, -0.25) is 4.98 Å². The van der Waals surface area contributed by atoms with Crippen molar-refractivity contribution in [1.29, 1.82) is 0 Å². The summed E-state index contributed by atoms with van der Waals surface area (Å²) in [6.07, 6.45) is 5.32. The summed E-state index contributed by atoms with van der Waals surface area (Å²) in [4.78, 5) is 17.8. The van der Waals surface area contributed by atoms with Crippen molar-refractivity contribution in [2.75, 3.05) is 26.7 Å². The lowest BCUT2D eigenvalue weighted by atomic mass is 9.86. The summed E-state index contributed by atoms with van der Waals surface area (Å²) in [5.74, 6) is -0.601. The number of nitrogens with zero attached hydrogens (tertiary/aromatic N) is 2. The van der Waals surface area contributed by atoms with Crippen LogP contribution < -0.4 is 0 Å². The molecule has 2 heterocycles. The molecule has 3 aromatic rings. The summed E-state index contributed by atoms with van der Waals surface area (Å²) in [6.45, 7) is 2.99. The number of benzene rings is 2. The summed E-state index contributed by atoms with van der Waals surface area (Å²) >= 11 is 0. The molecule has 1 fully saturated rings. The van der Waals surface area contributed by atoms with Crippen molar-refractivity contribution in [1.82, 2.24) is 4.98 Å². The normalized spacial score (nSPS) is 20.8. The molecule has 0 atom stereocenters. The third kappa shape index (κ3) is 5.49. The minimum absolute atomic E-state index is 0.182. The highest BCUT2D eigenvalue weighted by atomic mass is 16.6. The molecule has 5 heteroatoms. The number of pyridine rings is 1. The molecule has 1 aromatic heterocycles. The lowest BCUT2D eigenvalue weighted by Gasteiger charge is -2.41. The minimum atomic E-state index is -1.82. The smallest absolute Gasteiger partial charge is 0.347 e. The lowest BCUT2D eigenvalue weighted by molar-refractivity contribution is -0.915. The number of ether oxygens (including phenoxy) is 1. The van der Waals surface area contributed by atoms with Gasteiger partial charge in [0.05, 0.1) is 26.7 Å². The first-order valence-electron chi connectivity index (χ1n) is 11.8. The molecular weight excluding hydrogens is 412 g/mol. The fourth-order valence-corrected chi connectivity index (χ4v) is 4.69. The van der Waals surface area contributed by atoms with Gasteiger partial charge in [-0.1, -0.05) is 66.7 Å². The molecule has 1 aliphatic rings. The van der Waals surface area contributed by atoms with Crippen molar-refractivity contribution in [2.24, 2.45) is 0 Å². The van der Waals surface area contributed by atoms with Crippen LogP contribution in [0, 0.1) is 0 Å². The number of likely N-dealkylation sites (tertiary alicyclic amines) is 1. The van der Waals surface area contributed by atoms with Gasteiger partial charge < -0.3 is 14.3 Å². The van der Waals surface area contributed by atoms with E-state index in [1.807, 2.05) is 54.7 Å². The third-order valence-electron chi connectivity index (χ3n) is 6.79. The van der Waals surface area contributed by atoms with Crippen molar-refractivity contribution in [3.8, 4) is 0 Å². The highest BCUT2D eigenvalue weighted by Crippen LogP contribution is 2.32. The number of esters is 1. The first-order valence-corrected chi connectivity index (χ1v) is 11.8. The number of aliphatic hydroxyl groups is 1. The van der Waals surface area contributed by atoms with E-state index in [0.29, 0.717) is 11.1 Å². The van der Waals surface area contributed by atoms with E-state index in [0.717, 1.165) is 55.5 Å². The molecule has 2 aromatic carbocycles. The van der Waals surface area contributed by atoms with Crippen LogP contribution in [0.15, 0.2) is 85.1 Å². The number of hydrogen-bond acceptors (Lipinski definition) is 4. The number of aryl methyl sites for hydroxylation is 1. The Kier molecular flexibility index (Phi) is 7.21. The van der Waals surface area contributed by atoms with Gasteiger partial charge in [0.1, 0.15) is 6.10 Å². The second-order valence-corrected chi connectivity index (χ2v) is 9.26. The number of rotatable bonds is 8. The van der Waals surface area contributed by atoms with Gasteiger partial charge >= 0.3 is 5.97 Å². The van der Waals surface area contributed by atoms with Crippen LogP contribution in [0.4, 0.5) is 0 Å². The highest BCUT2D eigenvalue weighted by Gasteiger charge is 2.43. The summed E-state index contributed by atoms with van der Waals surface area (Å²) in [6, 6.07) is 24.2. The van der Waals surface area contributed by atoms with E-state index in [9.17, 15) is 9.90 Å². The van der Waals surface area contributed by atoms with Gasteiger partial charge in [0.2, 0.25) is 5.60 Å². The zero-order valence-electron chi connectivity index (χ0n) is 19.3. The topological polar surface area (TPSA) is 59.4 Å². The SMILES string of the molecule is C[N+]1(CCCc2ccccn2)CCC(OC(=O)C(O)(c2ccccc2)c2ccccc2)CC1. The molecule has 5 nitrogen and oxygen atoms in total. The summed E-state index contributed by atoms with van der Waals surface area (Å²) in [7, 11) is 2.28. The van der Waals surface area contributed by atoms with Crippen LogP contribution in [0.2, 0.25) is 0 Å². The zero-order chi connectivity index (χ0) is 23.2. The van der Waals surface area contributed by atoms with Crippen LogP contribution in [-0.2, 0) is 21.6 Å². The van der Waals surface area contributed by atoms with Crippen LogP contribution in [-0.4, -0.2) is 53.3 Å². The van der Waals surface area contributed by atoms with Crippen LogP contribution in [0.25, 0.3) is 0 Å². The molecular formula is C28H33N2O3+. The Labute approximate surface area is 196 Å². The fraction of sp³-hybridized carbons (Fsp3) is 0.357. The number of quaternary nitrogens is 1. The lowest BCUT2D eigenvalue weighted by Crippen LogP contribution is -2.52. The average molecular weight is 446 g/mol. The monoisotopic (exact) mass is 445 g/mol. The van der Waals surface area contributed by atoms with E-state index in [2.05, 4.69) is 18.1 Å². The molecule has 0 amide bonds. The predicted octanol–water partition coefficient (Wildman–Crippen LogP) is 4.10. The number of piperidine rings is 1. The number of carbonyl (C=O) groups is 1. The van der Waals surface area contributed by atoms with Crippen LogP contribution >= 0.6 is 0 Å². The Morgan fingerprint density at radius 2 is 1.55 bits per heavy atom. The largest absolute Gasteiger partial charge is 0.459 e. The standard InChI is InChI=1S/C28H33N2O3/c1-30(20-10-16-25-15-8-9-19-29-25)21-17-26(18-22-30)33-27(31)28(32,23-11-4-2-5-12-23)24-13-6-3-7-14-24/h2-9,11-15,19,26,32H,10,16-18,20-22H2,1H3/q+1. The van der Waals surface area contributed by atoms with Gasteiger partial charge in [-0.15, -0.1) is 0 Å². The Bertz CT molecular complexity index is 977. The van der Waals surface area contributed by atoms with Crippen LogP contribution in [0.1, 0.15) is 36.1 Å². The molecule has 1 aliphatic heterocycles. The van der Waals surface area contributed by atoms with Gasteiger partial charge in [-0.05, 0) is 29.7 Å². The van der Waals surface area contributed by atoms with Gasteiger partial charge in [-0.2, -0.15) is 0 Å². The maximum atomic E-state index is 13.3. The predicted molar refractivity (Wildman–Crippen MR) is 128 cm³/mol. The molecule has 4 rings (SSSR count). The molecule has 1 saturated heterocycles. The van der Waals surface area contributed by atoms with Gasteiger partial charge in [-0.25, -0.2) is 4.79 Å². The second-order valence-electron chi connectivity index (χ2n) is 9.26. The van der Waals surface area contributed by atoms with Crippen molar-refractivity contribution < 1.29 is 19.1 Å².